The second kappa shape index (κ2) is 38.1. The van der Waals surface area contributed by atoms with Crippen LogP contribution >= 0.6 is 15.9 Å². The van der Waals surface area contributed by atoms with Gasteiger partial charge in [-0.25, -0.2) is 39.9 Å². The van der Waals surface area contributed by atoms with Crippen molar-refractivity contribution in [2.24, 2.45) is 0 Å². The van der Waals surface area contributed by atoms with Crippen LogP contribution in [0.1, 0.15) is 15.9 Å². The predicted octanol–water partition coefficient (Wildman–Crippen LogP) is 27.6. The van der Waals surface area contributed by atoms with Crippen molar-refractivity contribution >= 4 is 33.1 Å². The summed E-state index contributed by atoms with van der Waals surface area (Å²) in [6.45, 7) is 0. The number of ketones is 1. The molecule has 0 radical (unpaired) electrons. The molecule has 0 bridgehead atoms. The topological polar surface area (TPSA) is 185 Å². The Labute approximate surface area is 740 Å². The predicted molar refractivity (Wildman–Crippen MR) is 517 cm³/mol. The first-order valence-corrected chi connectivity index (χ1v) is 42.3. The first-order valence-electron chi connectivity index (χ1n) is 41.5. The molecule has 0 aliphatic carbocycles. The molecular weight excluding hydrogens is 1610 g/mol. The van der Waals surface area contributed by atoms with Crippen LogP contribution in [0.3, 0.4) is 0 Å². The summed E-state index contributed by atoms with van der Waals surface area (Å²) in [6, 6.07) is 147. The van der Waals surface area contributed by atoms with Gasteiger partial charge in [-0.3, -0.25) is 9.78 Å². The molecule has 0 spiro atoms. The van der Waals surface area contributed by atoms with Crippen LogP contribution in [0, 0.1) is 0 Å². The molecular formula is C113H80BrN11O. The van der Waals surface area contributed by atoms with Gasteiger partial charge in [0, 0.05) is 95.9 Å². The van der Waals surface area contributed by atoms with Crippen molar-refractivity contribution in [3.8, 4) is 180 Å². The van der Waals surface area contributed by atoms with E-state index in [2.05, 4.69) is 233 Å². The zero-order valence-corrected chi connectivity index (χ0v) is 70.0. The average Bonchev–Trinajstić information content (AvgIpc) is 0.776. The summed E-state index contributed by atoms with van der Waals surface area (Å²) in [4.78, 5) is 56.5. The number of aromatic nitrogens is 9. The van der Waals surface area contributed by atoms with Crippen LogP contribution in [0.5, 0.6) is 0 Å². The highest BCUT2D eigenvalue weighted by Crippen LogP contribution is 2.41. The van der Waals surface area contributed by atoms with Gasteiger partial charge in [-0.15, -0.1) is 0 Å². The Balaban J connectivity index is 0.000000131. The van der Waals surface area contributed by atoms with Crippen molar-refractivity contribution in [1.29, 1.82) is 0 Å². The second-order valence-corrected chi connectivity index (χ2v) is 30.9. The summed E-state index contributed by atoms with van der Waals surface area (Å²) >= 11 is 3.45. The smallest absolute Gasteiger partial charge is 0.167 e. The van der Waals surface area contributed by atoms with Crippen LogP contribution in [0.4, 0.5) is 11.4 Å². The summed E-state index contributed by atoms with van der Waals surface area (Å²) < 4.78 is 0.893. The maximum atomic E-state index is 13.6. The van der Waals surface area contributed by atoms with E-state index in [0.29, 0.717) is 52.0 Å². The van der Waals surface area contributed by atoms with Gasteiger partial charge in [0.1, 0.15) is 0 Å². The Kier molecular flexibility index (Phi) is 24.3. The van der Waals surface area contributed by atoms with Gasteiger partial charge in [0.2, 0.25) is 0 Å². The first kappa shape index (κ1) is 80.6. The van der Waals surface area contributed by atoms with E-state index in [9.17, 15) is 4.79 Å². The molecule has 0 fully saturated rings. The molecule has 13 heteroatoms. The number of hydrogen-bond acceptors (Lipinski definition) is 12. The molecule has 0 saturated heterocycles. The first-order chi connectivity index (χ1) is 62.1. The van der Waals surface area contributed by atoms with E-state index in [1.807, 2.05) is 212 Å². The molecule has 0 unspecified atom stereocenters. The second-order valence-electron chi connectivity index (χ2n) is 30.1. The number of nitrogens with zero attached hydrogens (tertiary/aromatic N) is 9. The number of benzene rings is 16. The van der Waals surface area contributed by atoms with E-state index in [0.717, 1.165) is 150 Å². The Morgan fingerprint density at radius 3 is 0.841 bits per heavy atom. The highest BCUT2D eigenvalue weighted by Gasteiger charge is 2.21. The standard InChI is InChI=1S/C47H33N3O.C39H28N4.C27H19BrN4/c51-46(37-26-28-48-29-27-37)31-40-30-39(24-25-42(40)43-19-11-10-18-41(43)34-12-4-1-5-13-34)33-20-22-36(23-21-33)45-32-44(35-14-6-2-7-15-35)49-47(50-45)38-16-8-3-9-17-38;40-36-26-32(24-25-35(36)34-19-11-10-18-33(34)28-12-4-1-5-13-28)27-20-22-31(23-21-27)39-42-37(29-14-6-2-7-15-29)41-38(43-39)30-16-8-3-9-17-30;28-23-16-15-22(17-24(23)29)18-11-13-21(14-12-18)27-31-25(19-7-3-1-4-8-19)30-26(32-27)20-9-5-2-6-10-20/h1-30,32H,31H2;1-26H,40H2;1-17H,29H2. The highest BCUT2D eigenvalue weighted by molar-refractivity contribution is 9.10. The lowest BCUT2D eigenvalue weighted by Crippen LogP contribution is -2.05. The van der Waals surface area contributed by atoms with Crippen molar-refractivity contribution in [1.82, 2.24) is 44.9 Å². The van der Waals surface area contributed by atoms with Gasteiger partial charge in [0.05, 0.1) is 11.4 Å². The lowest BCUT2D eigenvalue weighted by Gasteiger charge is -2.16. The van der Waals surface area contributed by atoms with Gasteiger partial charge >= 0.3 is 0 Å². The minimum absolute atomic E-state index is 0.0514. The number of carbonyl (C=O) groups is 1. The number of anilines is 2. The van der Waals surface area contributed by atoms with Crippen LogP contribution < -0.4 is 11.5 Å². The number of halogens is 1. The zero-order chi connectivity index (χ0) is 85.3. The van der Waals surface area contributed by atoms with Crippen molar-refractivity contribution in [2.45, 2.75) is 6.42 Å². The van der Waals surface area contributed by atoms with Crippen molar-refractivity contribution in [2.75, 3.05) is 11.5 Å². The van der Waals surface area contributed by atoms with E-state index in [1.165, 1.54) is 5.56 Å². The van der Waals surface area contributed by atoms with E-state index in [4.69, 9.17) is 51.3 Å². The fraction of sp³-hybridized carbons (Fsp3) is 0.00885. The molecule has 0 aliphatic heterocycles. The third-order valence-electron chi connectivity index (χ3n) is 21.8. The number of nitrogens with two attached hydrogens (primary N) is 2. The lowest BCUT2D eigenvalue weighted by molar-refractivity contribution is 0.0993. The minimum Gasteiger partial charge on any atom is -0.398 e. The Morgan fingerprint density at radius 2 is 0.476 bits per heavy atom. The number of pyridine rings is 1. The molecule has 20 rings (SSSR count). The minimum atomic E-state index is 0.0514. The summed E-state index contributed by atoms with van der Waals surface area (Å²) in [7, 11) is 0. The third kappa shape index (κ3) is 18.8. The number of nitrogen functional groups attached to an aromatic ring is 2. The molecule has 0 aliphatic rings. The normalized spacial score (nSPS) is 10.9. The van der Waals surface area contributed by atoms with E-state index >= 15 is 0 Å². The molecule has 4 heterocycles. The molecule has 600 valence electrons. The molecule has 0 amide bonds. The lowest BCUT2D eigenvalue weighted by atomic mass is 9.87. The summed E-state index contributed by atoms with van der Waals surface area (Å²) in [5.74, 6) is 4.60. The maximum absolute atomic E-state index is 13.6. The van der Waals surface area contributed by atoms with Crippen molar-refractivity contribution in [3.63, 3.8) is 0 Å². The Hall–Kier alpha value is -16.5. The van der Waals surface area contributed by atoms with Crippen molar-refractivity contribution in [3.05, 3.63) is 465 Å². The average molecular weight is 1690 g/mol. The van der Waals surface area contributed by atoms with E-state index in [1.54, 1.807) is 24.5 Å². The zero-order valence-electron chi connectivity index (χ0n) is 68.4. The molecule has 126 heavy (non-hydrogen) atoms. The van der Waals surface area contributed by atoms with Crippen LogP contribution in [0.2, 0.25) is 0 Å². The Morgan fingerprint density at radius 1 is 0.214 bits per heavy atom. The van der Waals surface area contributed by atoms with E-state index < -0.39 is 0 Å². The summed E-state index contributed by atoms with van der Waals surface area (Å²) in [6.07, 6.45) is 3.60. The third-order valence-corrected chi connectivity index (χ3v) is 22.5. The van der Waals surface area contributed by atoms with Gasteiger partial charge in [0.15, 0.2) is 46.6 Å². The molecule has 0 saturated carbocycles. The monoisotopic (exact) mass is 1690 g/mol. The van der Waals surface area contributed by atoms with Gasteiger partial charge in [-0.1, -0.05) is 400 Å². The fourth-order valence-electron chi connectivity index (χ4n) is 15.3. The highest BCUT2D eigenvalue weighted by atomic mass is 79.9. The number of Topliss-reactive ketones (excluding diaryl/α,β-unsaturated/α-hetero) is 1. The van der Waals surface area contributed by atoms with Gasteiger partial charge < -0.3 is 11.5 Å². The summed E-state index contributed by atoms with van der Waals surface area (Å²) in [5, 5.41) is 0. The van der Waals surface area contributed by atoms with Crippen LogP contribution in [-0.2, 0) is 6.42 Å². The number of rotatable bonds is 19. The Bertz CT molecular complexity index is 6980. The van der Waals surface area contributed by atoms with Crippen LogP contribution in [-0.4, -0.2) is 50.6 Å². The molecule has 16 aromatic carbocycles. The number of hydrogen-bond donors (Lipinski definition) is 2. The van der Waals surface area contributed by atoms with Gasteiger partial charge in [-0.2, -0.15) is 0 Å². The van der Waals surface area contributed by atoms with Gasteiger partial charge in [-0.05, 0) is 130 Å². The maximum Gasteiger partial charge on any atom is 0.167 e. The van der Waals surface area contributed by atoms with Crippen molar-refractivity contribution < 1.29 is 4.79 Å². The number of carbonyl (C=O) groups excluding carboxylic acids is 1. The quantitative estimate of drug-likeness (QED) is 0.0577. The molecule has 4 aromatic heterocycles. The molecule has 0 atom stereocenters. The summed E-state index contributed by atoms with van der Waals surface area (Å²) in [5.41, 5.74) is 41.4. The van der Waals surface area contributed by atoms with Crippen LogP contribution in [0.15, 0.2) is 454 Å². The van der Waals surface area contributed by atoms with E-state index in [-0.39, 0.29) is 12.2 Å². The molecule has 4 N–H and O–H groups in total. The van der Waals surface area contributed by atoms with Crippen LogP contribution in [0.25, 0.3) is 180 Å². The molecule has 12 nitrogen and oxygen atoms in total. The molecule has 20 aromatic rings. The fourth-order valence-corrected chi connectivity index (χ4v) is 15.5. The van der Waals surface area contributed by atoms with Gasteiger partial charge in [0.25, 0.3) is 0 Å². The largest absolute Gasteiger partial charge is 0.398 e. The SMILES string of the molecule is Nc1cc(-c2ccc(-c3nc(-c4ccccc4)nc(-c4ccccc4)n3)cc2)ccc1-c1ccccc1-c1ccccc1.Nc1cc(-c2ccc(-c3nc(-c4ccccc4)nc(-c4ccccc4)n3)cc2)ccc1Br.O=C(Cc1cc(-c2ccc(-c3cc(-c4ccccc4)nc(-c4ccccc4)n3)cc2)ccc1-c1ccccc1-c1ccccc1)c1ccncc1.